The summed E-state index contributed by atoms with van der Waals surface area (Å²) in [5.41, 5.74) is 0.299. The summed E-state index contributed by atoms with van der Waals surface area (Å²) in [6, 6.07) is 8.48. The van der Waals surface area contributed by atoms with E-state index in [0.717, 1.165) is 0 Å². The zero-order chi connectivity index (χ0) is 21.0. The van der Waals surface area contributed by atoms with Crippen LogP contribution < -0.4 is 5.32 Å². The Hall–Kier alpha value is -2.74. The van der Waals surface area contributed by atoms with Crippen LogP contribution in [0.4, 0.5) is 4.39 Å². The molecule has 3 amide bonds. The molecule has 154 valence electrons. The van der Waals surface area contributed by atoms with Crippen LogP contribution in [0, 0.1) is 11.7 Å². The van der Waals surface area contributed by atoms with Gasteiger partial charge in [0.05, 0.1) is 4.88 Å². The lowest BCUT2D eigenvalue weighted by molar-refractivity contribution is -0.135. The van der Waals surface area contributed by atoms with Gasteiger partial charge in [-0.15, -0.1) is 11.3 Å². The summed E-state index contributed by atoms with van der Waals surface area (Å²) in [7, 11) is 0. The summed E-state index contributed by atoms with van der Waals surface area (Å²) in [4.78, 5) is 41.8. The standard InChI is InChI=1S/C21H24FN3O3S/c1-14(2)18(23-19(26)17-7-4-12-29-17)21(28)25-10-8-24(9-11-25)20(27)15-5-3-6-16(22)13-15/h3-7,12-14,18H,8-11H2,1-2H3,(H,23,26). The number of benzene rings is 1. The van der Waals surface area contributed by atoms with E-state index in [-0.39, 0.29) is 23.6 Å². The molecule has 2 heterocycles. The third kappa shape index (κ3) is 5.00. The maximum atomic E-state index is 13.4. The second-order valence-corrected chi connectivity index (χ2v) is 8.25. The number of rotatable bonds is 5. The molecule has 2 aromatic rings. The lowest BCUT2D eigenvalue weighted by atomic mass is 10.0. The molecule has 0 saturated carbocycles. The van der Waals surface area contributed by atoms with Crippen LogP contribution in [0.15, 0.2) is 41.8 Å². The molecule has 3 rings (SSSR count). The summed E-state index contributed by atoms with van der Waals surface area (Å²) in [5, 5.41) is 4.66. The molecule has 1 aliphatic heterocycles. The van der Waals surface area contributed by atoms with E-state index in [2.05, 4.69) is 5.32 Å². The van der Waals surface area contributed by atoms with Crippen LogP contribution in [-0.4, -0.2) is 59.7 Å². The van der Waals surface area contributed by atoms with Gasteiger partial charge in [-0.25, -0.2) is 4.39 Å². The second kappa shape index (κ2) is 9.17. The molecule has 8 heteroatoms. The highest BCUT2D eigenvalue weighted by Gasteiger charge is 2.32. The average molecular weight is 418 g/mol. The number of carbonyl (C=O) groups excluding carboxylic acids is 3. The minimum absolute atomic E-state index is 0.0710. The first-order valence-electron chi connectivity index (χ1n) is 9.55. The SMILES string of the molecule is CC(C)C(NC(=O)c1cccs1)C(=O)N1CCN(C(=O)c2cccc(F)c2)CC1. The Bertz CT molecular complexity index is 877. The van der Waals surface area contributed by atoms with Gasteiger partial charge in [-0.05, 0) is 35.6 Å². The lowest BCUT2D eigenvalue weighted by Crippen LogP contribution is -2.57. The topological polar surface area (TPSA) is 69.7 Å². The first-order chi connectivity index (χ1) is 13.9. The molecule has 1 atom stereocenters. The minimum Gasteiger partial charge on any atom is -0.339 e. The smallest absolute Gasteiger partial charge is 0.262 e. The van der Waals surface area contributed by atoms with Crippen molar-refractivity contribution in [2.45, 2.75) is 19.9 Å². The molecule has 0 bridgehead atoms. The molecule has 1 aromatic heterocycles. The van der Waals surface area contributed by atoms with Gasteiger partial charge in [-0.3, -0.25) is 14.4 Å². The van der Waals surface area contributed by atoms with Crippen LogP contribution in [0.3, 0.4) is 0 Å². The second-order valence-electron chi connectivity index (χ2n) is 7.30. The fraction of sp³-hybridized carbons (Fsp3) is 0.381. The van der Waals surface area contributed by atoms with Crippen LogP contribution in [0.2, 0.25) is 0 Å². The van der Waals surface area contributed by atoms with E-state index in [9.17, 15) is 18.8 Å². The Kier molecular flexibility index (Phi) is 6.64. The third-order valence-corrected chi connectivity index (χ3v) is 5.78. The number of hydrogen-bond donors (Lipinski definition) is 1. The Balaban J connectivity index is 1.60. The third-order valence-electron chi connectivity index (χ3n) is 4.91. The summed E-state index contributed by atoms with van der Waals surface area (Å²) in [6.45, 7) is 5.26. The number of thiophene rings is 1. The maximum Gasteiger partial charge on any atom is 0.262 e. The van der Waals surface area contributed by atoms with Crippen molar-refractivity contribution in [3.63, 3.8) is 0 Å². The summed E-state index contributed by atoms with van der Waals surface area (Å²) < 4.78 is 13.4. The minimum atomic E-state index is -0.630. The first kappa shape index (κ1) is 21.0. The number of halogens is 1. The van der Waals surface area contributed by atoms with Crippen LogP contribution in [-0.2, 0) is 4.79 Å². The van der Waals surface area contributed by atoms with Crippen molar-refractivity contribution in [3.05, 3.63) is 58.0 Å². The number of nitrogens with zero attached hydrogens (tertiary/aromatic N) is 2. The van der Waals surface area contributed by atoms with Crippen molar-refractivity contribution in [3.8, 4) is 0 Å². The molecule has 1 N–H and O–H groups in total. The zero-order valence-corrected chi connectivity index (χ0v) is 17.2. The monoisotopic (exact) mass is 417 g/mol. The van der Waals surface area contributed by atoms with Crippen LogP contribution >= 0.6 is 11.3 Å². The molecule has 1 saturated heterocycles. The van der Waals surface area contributed by atoms with E-state index in [1.165, 1.54) is 29.5 Å². The summed E-state index contributed by atoms with van der Waals surface area (Å²) in [5.74, 6) is -1.18. The van der Waals surface area contributed by atoms with Gasteiger partial charge in [0.15, 0.2) is 0 Å². The predicted molar refractivity (Wildman–Crippen MR) is 109 cm³/mol. The van der Waals surface area contributed by atoms with Crippen LogP contribution in [0.1, 0.15) is 33.9 Å². The van der Waals surface area contributed by atoms with E-state index in [1.807, 2.05) is 19.2 Å². The van der Waals surface area contributed by atoms with E-state index < -0.39 is 11.9 Å². The van der Waals surface area contributed by atoms with Gasteiger partial charge < -0.3 is 15.1 Å². The van der Waals surface area contributed by atoms with Crippen molar-refractivity contribution in [1.82, 2.24) is 15.1 Å². The quantitative estimate of drug-likeness (QED) is 0.813. The summed E-state index contributed by atoms with van der Waals surface area (Å²) >= 11 is 1.33. The van der Waals surface area contributed by atoms with Gasteiger partial charge in [0, 0.05) is 31.7 Å². The Morgan fingerprint density at radius 3 is 2.31 bits per heavy atom. The van der Waals surface area contributed by atoms with Gasteiger partial charge >= 0.3 is 0 Å². The zero-order valence-electron chi connectivity index (χ0n) is 16.4. The van der Waals surface area contributed by atoms with Crippen molar-refractivity contribution >= 4 is 29.1 Å². The molecule has 0 radical (unpaired) electrons. The van der Waals surface area contributed by atoms with Gasteiger partial charge in [-0.2, -0.15) is 0 Å². The highest BCUT2D eigenvalue weighted by Crippen LogP contribution is 2.15. The molecule has 1 aliphatic rings. The molecular weight excluding hydrogens is 393 g/mol. The Morgan fingerprint density at radius 1 is 1.03 bits per heavy atom. The molecule has 0 spiro atoms. The number of amides is 3. The number of nitrogens with one attached hydrogen (secondary N) is 1. The van der Waals surface area contributed by atoms with Crippen molar-refractivity contribution < 1.29 is 18.8 Å². The fourth-order valence-electron chi connectivity index (χ4n) is 3.26. The molecule has 29 heavy (non-hydrogen) atoms. The molecule has 1 fully saturated rings. The van der Waals surface area contributed by atoms with Gasteiger partial charge in [0.1, 0.15) is 11.9 Å². The fourth-order valence-corrected chi connectivity index (χ4v) is 3.89. The van der Waals surface area contributed by atoms with Gasteiger partial charge in [0.2, 0.25) is 5.91 Å². The molecule has 1 unspecified atom stereocenters. The Labute approximate surface area is 173 Å². The van der Waals surface area contributed by atoms with E-state index >= 15 is 0 Å². The lowest BCUT2D eigenvalue weighted by Gasteiger charge is -2.37. The van der Waals surface area contributed by atoms with Crippen molar-refractivity contribution in [1.29, 1.82) is 0 Å². The molecule has 0 aliphatic carbocycles. The van der Waals surface area contributed by atoms with E-state index in [0.29, 0.717) is 36.6 Å². The Morgan fingerprint density at radius 2 is 1.72 bits per heavy atom. The van der Waals surface area contributed by atoms with Gasteiger partial charge in [0.25, 0.3) is 11.8 Å². The average Bonchev–Trinajstić information content (AvgIpc) is 3.26. The van der Waals surface area contributed by atoms with Gasteiger partial charge in [-0.1, -0.05) is 26.0 Å². The number of hydrogen-bond acceptors (Lipinski definition) is 4. The molecule has 1 aromatic carbocycles. The number of carbonyl (C=O) groups is 3. The normalized spacial score (nSPS) is 15.3. The highest BCUT2D eigenvalue weighted by molar-refractivity contribution is 7.12. The molecule has 6 nitrogen and oxygen atoms in total. The van der Waals surface area contributed by atoms with E-state index in [4.69, 9.17) is 0 Å². The molecular formula is C21H24FN3O3S. The van der Waals surface area contributed by atoms with Crippen LogP contribution in [0.25, 0.3) is 0 Å². The highest BCUT2D eigenvalue weighted by atomic mass is 32.1. The summed E-state index contributed by atoms with van der Waals surface area (Å²) in [6.07, 6.45) is 0. The predicted octanol–water partition coefficient (Wildman–Crippen LogP) is 2.63. The first-order valence-corrected chi connectivity index (χ1v) is 10.4. The number of piperazine rings is 1. The van der Waals surface area contributed by atoms with Crippen molar-refractivity contribution in [2.75, 3.05) is 26.2 Å². The van der Waals surface area contributed by atoms with E-state index in [1.54, 1.807) is 28.0 Å². The van der Waals surface area contributed by atoms with Crippen molar-refractivity contribution in [2.24, 2.45) is 5.92 Å². The maximum absolute atomic E-state index is 13.4. The largest absolute Gasteiger partial charge is 0.339 e. The van der Waals surface area contributed by atoms with Crippen LogP contribution in [0.5, 0.6) is 0 Å².